The predicted octanol–water partition coefficient (Wildman–Crippen LogP) is 0.799. The molecule has 0 aromatic rings. The van der Waals surface area contributed by atoms with Gasteiger partial charge in [-0.15, -0.1) is 0 Å². The maximum Gasteiger partial charge on any atom is 0.317 e. The average Bonchev–Trinajstić information content (AvgIpc) is 2.52. The van der Waals surface area contributed by atoms with Crippen LogP contribution in [0.2, 0.25) is 0 Å². The Kier molecular flexibility index (Phi) is 3.15. The van der Waals surface area contributed by atoms with Gasteiger partial charge in [0.25, 0.3) is 0 Å². The number of nitrogens with zero attached hydrogens (tertiary/aromatic N) is 2. The lowest BCUT2D eigenvalue weighted by atomic mass is 9.42. The van der Waals surface area contributed by atoms with Crippen LogP contribution >= 0.6 is 0 Å². The van der Waals surface area contributed by atoms with Crippen molar-refractivity contribution >= 4 is 23.4 Å². The highest BCUT2D eigenvalue weighted by Crippen LogP contribution is 2.63. The number of ether oxygens (including phenoxy) is 2. The monoisotopic (exact) mass is 310 g/mol. The van der Waals surface area contributed by atoms with E-state index in [0.717, 1.165) is 0 Å². The van der Waals surface area contributed by atoms with Gasteiger partial charge in [-0.1, -0.05) is 10.3 Å². The second-order valence-electron chi connectivity index (χ2n) is 6.33. The van der Waals surface area contributed by atoms with E-state index in [1.165, 1.54) is 14.2 Å². The third-order valence-electron chi connectivity index (χ3n) is 5.48. The fraction of sp³-hybridized carbons (Fsp3) is 0.714. The molecule has 4 rings (SSSR count). The summed E-state index contributed by atoms with van der Waals surface area (Å²) in [6.45, 7) is 0. The first-order chi connectivity index (χ1) is 10.5. The molecular formula is C14H18N2O6. The summed E-state index contributed by atoms with van der Waals surface area (Å²) in [5.74, 6) is -1.53. The van der Waals surface area contributed by atoms with Crippen LogP contribution in [0.25, 0.3) is 0 Å². The molecule has 8 heteroatoms. The van der Waals surface area contributed by atoms with Gasteiger partial charge >= 0.3 is 11.9 Å². The standard InChI is InChI=1S/C14H18N2O6/c1-21-11(17)13-4-7-3-8(9(13)15-19)5-14(6-13,10(7)16-20)12(18)22-2/h7-8,19-20H,3-6H2,1-2H3/b15-9-,16-10-/t7-,8-,13+,14+/m0/s1. The van der Waals surface area contributed by atoms with E-state index in [4.69, 9.17) is 9.47 Å². The lowest BCUT2D eigenvalue weighted by Gasteiger charge is -2.58. The van der Waals surface area contributed by atoms with Crippen LogP contribution in [0.1, 0.15) is 25.7 Å². The van der Waals surface area contributed by atoms with E-state index >= 15 is 0 Å². The molecule has 8 nitrogen and oxygen atoms in total. The van der Waals surface area contributed by atoms with Crippen molar-refractivity contribution in [2.45, 2.75) is 25.7 Å². The Morgan fingerprint density at radius 2 is 1.41 bits per heavy atom. The molecular weight excluding hydrogens is 292 g/mol. The second kappa shape index (κ2) is 4.69. The number of carbonyl (C=O) groups excluding carboxylic acids is 2. The van der Waals surface area contributed by atoms with E-state index in [1.807, 2.05) is 0 Å². The molecule has 0 spiro atoms. The fourth-order valence-electron chi connectivity index (χ4n) is 4.86. The van der Waals surface area contributed by atoms with Gasteiger partial charge in [0.1, 0.15) is 10.8 Å². The molecule has 0 saturated heterocycles. The van der Waals surface area contributed by atoms with Crippen LogP contribution in [0.15, 0.2) is 10.3 Å². The maximum atomic E-state index is 12.4. The molecule has 0 aliphatic heterocycles. The first kappa shape index (κ1) is 14.8. The molecule has 4 bridgehead atoms. The van der Waals surface area contributed by atoms with E-state index in [-0.39, 0.29) is 18.3 Å². The van der Waals surface area contributed by atoms with Crippen molar-refractivity contribution < 1.29 is 29.5 Å². The summed E-state index contributed by atoms with van der Waals surface area (Å²) in [4.78, 5) is 24.8. The van der Waals surface area contributed by atoms with Crippen molar-refractivity contribution in [3.63, 3.8) is 0 Å². The molecule has 4 fully saturated rings. The molecule has 120 valence electrons. The summed E-state index contributed by atoms with van der Waals surface area (Å²) in [5, 5.41) is 25.5. The van der Waals surface area contributed by atoms with Gasteiger partial charge in [0, 0.05) is 11.8 Å². The molecule has 4 aliphatic carbocycles. The van der Waals surface area contributed by atoms with Crippen LogP contribution in [0, 0.1) is 22.7 Å². The number of carbonyl (C=O) groups is 2. The lowest BCUT2D eigenvalue weighted by Crippen LogP contribution is -2.67. The minimum absolute atomic E-state index is 0.0468. The third-order valence-corrected chi connectivity index (χ3v) is 5.48. The zero-order valence-corrected chi connectivity index (χ0v) is 12.4. The van der Waals surface area contributed by atoms with E-state index in [1.54, 1.807) is 0 Å². The summed E-state index contributed by atoms with van der Waals surface area (Å²) < 4.78 is 9.82. The van der Waals surface area contributed by atoms with Crippen LogP contribution in [0.3, 0.4) is 0 Å². The Hall–Kier alpha value is -2.12. The van der Waals surface area contributed by atoms with Gasteiger partial charge in [0.15, 0.2) is 0 Å². The van der Waals surface area contributed by atoms with E-state index < -0.39 is 22.8 Å². The van der Waals surface area contributed by atoms with Gasteiger partial charge in [-0.25, -0.2) is 0 Å². The second-order valence-corrected chi connectivity index (χ2v) is 6.33. The van der Waals surface area contributed by atoms with Crippen LogP contribution in [0.4, 0.5) is 0 Å². The van der Waals surface area contributed by atoms with Gasteiger partial charge in [0.05, 0.1) is 25.6 Å². The Labute approximate surface area is 126 Å². The van der Waals surface area contributed by atoms with E-state index in [2.05, 4.69) is 10.3 Å². The van der Waals surface area contributed by atoms with Crippen LogP contribution in [-0.2, 0) is 19.1 Å². The fourth-order valence-corrected chi connectivity index (χ4v) is 4.86. The van der Waals surface area contributed by atoms with Crippen molar-refractivity contribution in [1.29, 1.82) is 0 Å². The SMILES string of the molecule is COC(=O)[C@]12C[C@@H]3C[C@@H](C[C@@](C(=O)OC)(C1)/C3=N\O)/C2=N/O. The summed E-state index contributed by atoms with van der Waals surface area (Å²) >= 11 is 0. The highest BCUT2D eigenvalue weighted by Gasteiger charge is 2.71. The Balaban J connectivity index is 2.19. The zero-order valence-electron chi connectivity index (χ0n) is 12.4. The number of oxime groups is 2. The highest BCUT2D eigenvalue weighted by molar-refractivity contribution is 6.18. The molecule has 0 aromatic carbocycles. The molecule has 0 heterocycles. The van der Waals surface area contributed by atoms with E-state index in [9.17, 15) is 20.0 Å². The normalized spacial score (nSPS) is 42.6. The van der Waals surface area contributed by atoms with Gasteiger partial charge < -0.3 is 19.9 Å². The van der Waals surface area contributed by atoms with Crippen LogP contribution < -0.4 is 0 Å². The van der Waals surface area contributed by atoms with Crippen molar-refractivity contribution in [1.82, 2.24) is 0 Å². The summed E-state index contributed by atoms with van der Waals surface area (Å²) in [7, 11) is 2.53. The third kappa shape index (κ3) is 1.52. The minimum Gasteiger partial charge on any atom is -0.468 e. The topological polar surface area (TPSA) is 118 Å². The maximum absolute atomic E-state index is 12.4. The molecule has 2 N–H and O–H groups in total. The molecule has 0 unspecified atom stereocenters. The Bertz CT molecular complexity index is 550. The number of hydrogen-bond acceptors (Lipinski definition) is 8. The van der Waals surface area contributed by atoms with Crippen molar-refractivity contribution in [2.24, 2.45) is 33.0 Å². The zero-order chi connectivity index (χ0) is 16.1. The number of hydrogen-bond donors (Lipinski definition) is 2. The van der Waals surface area contributed by atoms with Gasteiger partial charge in [0.2, 0.25) is 0 Å². The van der Waals surface area contributed by atoms with Gasteiger partial charge in [-0.3, -0.25) is 9.59 Å². The van der Waals surface area contributed by atoms with Gasteiger partial charge in [-0.05, 0) is 25.7 Å². The Morgan fingerprint density at radius 3 is 1.73 bits per heavy atom. The molecule has 4 atom stereocenters. The number of methoxy groups -OCH3 is 2. The van der Waals surface area contributed by atoms with Crippen molar-refractivity contribution in [3.8, 4) is 0 Å². The average molecular weight is 310 g/mol. The first-order valence-electron chi connectivity index (χ1n) is 7.10. The van der Waals surface area contributed by atoms with Crippen LogP contribution in [0.5, 0.6) is 0 Å². The molecule has 0 aromatic heterocycles. The highest BCUT2D eigenvalue weighted by atomic mass is 16.5. The lowest BCUT2D eigenvalue weighted by molar-refractivity contribution is -0.162. The summed E-state index contributed by atoms with van der Waals surface area (Å²) in [6, 6.07) is 0. The van der Waals surface area contributed by atoms with Crippen molar-refractivity contribution in [3.05, 3.63) is 0 Å². The summed E-state index contributed by atoms with van der Waals surface area (Å²) in [6.07, 6.45) is 1.25. The molecule has 0 radical (unpaired) electrons. The molecule has 4 aliphatic rings. The van der Waals surface area contributed by atoms with Crippen molar-refractivity contribution in [2.75, 3.05) is 14.2 Å². The van der Waals surface area contributed by atoms with Gasteiger partial charge in [-0.2, -0.15) is 0 Å². The number of rotatable bonds is 2. The molecule has 4 saturated carbocycles. The predicted molar refractivity (Wildman–Crippen MR) is 72.8 cm³/mol. The smallest absolute Gasteiger partial charge is 0.317 e. The minimum atomic E-state index is -1.16. The Morgan fingerprint density at radius 1 is 1.00 bits per heavy atom. The first-order valence-corrected chi connectivity index (χ1v) is 7.10. The van der Waals surface area contributed by atoms with Crippen LogP contribution in [-0.4, -0.2) is 48.0 Å². The van der Waals surface area contributed by atoms with E-state index in [0.29, 0.717) is 30.7 Å². The summed E-state index contributed by atoms with van der Waals surface area (Å²) in [5.41, 5.74) is -1.57. The molecule has 0 amide bonds. The molecule has 22 heavy (non-hydrogen) atoms. The largest absolute Gasteiger partial charge is 0.468 e. The number of esters is 2. The quantitative estimate of drug-likeness (QED) is 0.442.